The Hall–Kier alpha value is -0.940. The second kappa shape index (κ2) is 6.60. The van der Waals surface area contributed by atoms with Crippen molar-refractivity contribution in [3.05, 3.63) is 16.6 Å². The molecule has 1 rings (SSSR count). The van der Waals surface area contributed by atoms with E-state index in [1.165, 1.54) is 0 Å². The van der Waals surface area contributed by atoms with E-state index in [-0.39, 0.29) is 11.9 Å². The molecule has 0 aromatic carbocycles. The van der Waals surface area contributed by atoms with Crippen molar-refractivity contribution in [2.45, 2.75) is 26.8 Å². The molecule has 0 spiro atoms. The third-order valence-electron chi connectivity index (χ3n) is 2.15. The molecule has 16 heavy (non-hydrogen) atoms. The third kappa shape index (κ3) is 4.72. The van der Waals surface area contributed by atoms with Gasteiger partial charge >= 0.3 is 0 Å². The summed E-state index contributed by atoms with van der Waals surface area (Å²) in [6.45, 7) is 7.27. The van der Waals surface area contributed by atoms with Crippen LogP contribution in [0.15, 0.2) is 11.7 Å². The number of rotatable bonds is 6. The highest BCUT2D eigenvalue weighted by molar-refractivity contribution is 7.09. The molecule has 2 N–H and O–H groups in total. The van der Waals surface area contributed by atoms with Crippen LogP contribution in [0.1, 0.15) is 31.7 Å². The van der Waals surface area contributed by atoms with E-state index >= 15 is 0 Å². The second-order valence-corrected chi connectivity index (χ2v) is 5.12. The molecule has 1 amide bonds. The second-order valence-electron chi connectivity index (χ2n) is 4.20. The van der Waals surface area contributed by atoms with E-state index in [1.54, 1.807) is 16.8 Å². The molecule has 0 fully saturated rings. The van der Waals surface area contributed by atoms with Gasteiger partial charge in [-0.25, -0.2) is 0 Å². The van der Waals surface area contributed by atoms with E-state index in [4.69, 9.17) is 0 Å². The maximum atomic E-state index is 11.4. The zero-order valence-corrected chi connectivity index (χ0v) is 10.8. The molecule has 5 heteroatoms. The van der Waals surface area contributed by atoms with Crippen molar-refractivity contribution < 1.29 is 4.79 Å². The summed E-state index contributed by atoms with van der Waals surface area (Å²) in [6, 6.07) is 0.178. The summed E-state index contributed by atoms with van der Waals surface area (Å²) < 4.78 is 0. The van der Waals surface area contributed by atoms with Crippen LogP contribution >= 0.6 is 11.3 Å². The molecular weight excluding hydrogens is 222 g/mol. The van der Waals surface area contributed by atoms with Crippen LogP contribution in [-0.2, 0) is 4.79 Å². The number of carbonyl (C=O) groups excluding carboxylic acids is 1. The van der Waals surface area contributed by atoms with Crippen molar-refractivity contribution in [3.8, 4) is 0 Å². The van der Waals surface area contributed by atoms with Gasteiger partial charge in [0, 0.05) is 23.7 Å². The lowest BCUT2D eigenvalue weighted by Crippen LogP contribution is -2.36. The fourth-order valence-electron chi connectivity index (χ4n) is 1.17. The van der Waals surface area contributed by atoms with Gasteiger partial charge in [-0.1, -0.05) is 13.8 Å². The third-order valence-corrected chi connectivity index (χ3v) is 3.11. The largest absolute Gasteiger partial charge is 0.355 e. The van der Waals surface area contributed by atoms with Crippen molar-refractivity contribution in [1.82, 2.24) is 15.6 Å². The first kappa shape index (κ1) is 13.1. The minimum absolute atomic E-state index is 0.0464. The van der Waals surface area contributed by atoms with Crippen LogP contribution in [0.25, 0.3) is 0 Å². The molecule has 0 saturated carbocycles. The fourth-order valence-corrected chi connectivity index (χ4v) is 1.82. The fraction of sp³-hybridized carbons (Fsp3) is 0.636. The molecule has 1 aromatic rings. The lowest BCUT2D eigenvalue weighted by molar-refractivity contribution is -0.120. The molecule has 1 aromatic heterocycles. The van der Waals surface area contributed by atoms with E-state index in [1.807, 2.05) is 13.1 Å². The maximum absolute atomic E-state index is 11.4. The Morgan fingerprint density at radius 2 is 2.25 bits per heavy atom. The molecule has 0 radical (unpaired) electrons. The number of carbonyl (C=O) groups is 1. The number of amides is 1. The molecule has 1 atom stereocenters. The average molecular weight is 241 g/mol. The standard InChI is InChI=1S/C11H19N3OS/c1-8(2)4-14-11(15)6-13-9(3)10-5-12-7-16-10/h5,7-9,13H,4,6H2,1-3H3,(H,14,15). The quantitative estimate of drug-likeness (QED) is 0.795. The molecule has 1 heterocycles. The van der Waals surface area contributed by atoms with Crippen LogP contribution in [0.5, 0.6) is 0 Å². The number of thiazole rings is 1. The van der Waals surface area contributed by atoms with Gasteiger partial charge in [0.1, 0.15) is 0 Å². The van der Waals surface area contributed by atoms with Gasteiger partial charge in [0.25, 0.3) is 0 Å². The van der Waals surface area contributed by atoms with Gasteiger partial charge in [0.05, 0.1) is 12.1 Å². The Labute approximate surface area is 100 Å². The molecular formula is C11H19N3OS. The normalized spacial score (nSPS) is 12.8. The van der Waals surface area contributed by atoms with Gasteiger partial charge in [0.15, 0.2) is 0 Å². The van der Waals surface area contributed by atoms with Crippen molar-refractivity contribution in [3.63, 3.8) is 0 Å². The van der Waals surface area contributed by atoms with Gasteiger partial charge in [-0.05, 0) is 12.8 Å². The summed E-state index contributed by atoms with van der Waals surface area (Å²) in [5, 5.41) is 6.04. The molecule has 0 aliphatic rings. The Morgan fingerprint density at radius 3 is 2.81 bits per heavy atom. The summed E-state index contributed by atoms with van der Waals surface area (Å²) in [6.07, 6.45) is 1.83. The van der Waals surface area contributed by atoms with E-state index in [2.05, 4.69) is 29.5 Å². The van der Waals surface area contributed by atoms with Crippen LogP contribution in [0.2, 0.25) is 0 Å². The van der Waals surface area contributed by atoms with Gasteiger partial charge in [-0.2, -0.15) is 0 Å². The van der Waals surface area contributed by atoms with E-state index in [0.29, 0.717) is 12.5 Å². The topological polar surface area (TPSA) is 54.0 Å². The average Bonchev–Trinajstić information content (AvgIpc) is 2.76. The Bertz CT molecular complexity index is 311. The molecule has 1 unspecified atom stereocenters. The molecule has 0 bridgehead atoms. The van der Waals surface area contributed by atoms with Crippen molar-refractivity contribution >= 4 is 17.2 Å². The molecule has 0 aliphatic carbocycles. The summed E-state index contributed by atoms with van der Waals surface area (Å²) in [7, 11) is 0. The van der Waals surface area contributed by atoms with Crippen LogP contribution < -0.4 is 10.6 Å². The van der Waals surface area contributed by atoms with Crippen molar-refractivity contribution in [1.29, 1.82) is 0 Å². The summed E-state index contributed by atoms with van der Waals surface area (Å²) in [5.41, 5.74) is 1.80. The summed E-state index contributed by atoms with van der Waals surface area (Å²) in [4.78, 5) is 16.6. The monoisotopic (exact) mass is 241 g/mol. The van der Waals surface area contributed by atoms with Crippen LogP contribution in [0, 0.1) is 5.92 Å². The summed E-state index contributed by atoms with van der Waals surface area (Å²) >= 11 is 1.60. The highest BCUT2D eigenvalue weighted by Crippen LogP contribution is 2.15. The molecule has 0 saturated heterocycles. The van der Waals surface area contributed by atoms with Crippen LogP contribution in [0.4, 0.5) is 0 Å². The Morgan fingerprint density at radius 1 is 1.50 bits per heavy atom. The number of hydrogen-bond acceptors (Lipinski definition) is 4. The van der Waals surface area contributed by atoms with Gasteiger partial charge in [-0.3, -0.25) is 9.78 Å². The highest BCUT2D eigenvalue weighted by Gasteiger charge is 2.08. The van der Waals surface area contributed by atoms with Gasteiger partial charge < -0.3 is 10.6 Å². The van der Waals surface area contributed by atoms with Crippen LogP contribution in [-0.4, -0.2) is 24.0 Å². The predicted molar refractivity (Wildman–Crippen MR) is 66.4 cm³/mol. The zero-order valence-electron chi connectivity index (χ0n) is 9.99. The van der Waals surface area contributed by atoms with E-state index in [9.17, 15) is 4.79 Å². The van der Waals surface area contributed by atoms with Crippen molar-refractivity contribution in [2.24, 2.45) is 5.92 Å². The van der Waals surface area contributed by atoms with E-state index < -0.39 is 0 Å². The highest BCUT2D eigenvalue weighted by atomic mass is 32.1. The summed E-state index contributed by atoms with van der Waals surface area (Å²) in [5.74, 6) is 0.535. The first-order chi connectivity index (χ1) is 7.59. The maximum Gasteiger partial charge on any atom is 0.233 e. The Balaban J connectivity index is 2.21. The van der Waals surface area contributed by atoms with Gasteiger partial charge in [0.2, 0.25) is 5.91 Å². The molecule has 4 nitrogen and oxygen atoms in total. The lowest BCUT2D eigenvalue weighted by Gasteiger charge is -2.12. The van der Waals surface area contributed by atoms with Gasteiger partial charge in [-0.15, -0.1) is 11.3 Å². The Kier molecular flexibility index (Phi) is 5.42. The molecule has 0 aliphatic heterocycles. The minimum Gasteiger partial charge on any atom is -0.355 e. The number of nitrogens with one attached hydrogen (secondary N) is 2. The van der Waals surface area contributed by atoms with Crippen LogP contribution in [0.3, 0.4) is 0 Å². The predicted octanol–water partition coefficient (Wildman–Crippen LogP) is 1.57. The number of aromatic nitrogens is 1. The van der Waals surface area contributed by atoms with Crippen molar-refractivity contribution in [2.75, 3.05) is 13.1 Å². The SMILES string of the molecule is CC(C)CNC(=O)CNC(C)c1cncs1. The first-order valence-corrected chi connectivity index (χ1v) is 6.36. The minimum atomic E-state index is 0.0464. The van der Waals surface area contributed by atoms with E-state index in [0.717, 1.165) is 11.4 Å². The zero-order chi connectivity index (χ0) is 12.0. The smallest absolute Gasteiger partial charge is 0.233 e. The number of nitrogens with zero attached hydrogens (tertiary/aromatic N) is 1. The first-order valence-electron chi connectivity index (χ1n) is 5.48. The lowest BCUT2D eigenvalue weighted by atomic mass is 10.2. The number of hydrogen-bond donors (Lipinski definition) is 2. The molecule has 90 valence electrons.